The Balaban J connectivity index is 1.84. The number of hydrogen-bond acceptors (Lipinski definition) is 4. The normalized spacial score (nSPS) is 11.1. The fraction of sp³-hybridized carbons (Fsp3) is 0.250. The van der Waals surface area contributed by atoms with Crippen molar-refractivity contribution in [1.29, 1.82) is 0 Å². The van der Waals surface area contributed by atoms with E-state index in [1.165, 1.54) is 16.3 Å². The van der Waals surface area contributed by atoms with Gasteiger partial charge in [0, 0.05) is 6.42 Å². The number of benzene rings is 2. The number of hydrogen-bond donors (Lipinski definition) is 1. The van der Waals surface area contributed by atoms with Crippen molar-refractivity contribution in [2.24, 2.45) is 5.73 Å². The number of nitrogens with two attached hydrogens (primary N) is 1. The maximum absolute atomic E-state index is 5.48. The predicted octanol–water partition coefficient (Wildman–Crippen LogP) is 2.70. The molecule has 4 heteroatoms. The van der Waals surface area contributed by atoms with Crippen LogP contribution in [-0.4, -0.2) is 16.7 Å². The predicted molar refractivity (Wildman–Crippen MR) is 78.4 cm³/mol. The van der Waals surface area contributed by atoms with E-state index in [-0.39, 0.29) is 0 Å². The van der Waals surface area contributed by atoms with Crippen molar-refractivity contribution in [3.05, 3.63) is 59.7 Å². The monoisotopic (exact) mass is 267 g/mol. The molecule has 0 aliphatic rings. The molecule has 0 unspecified atom stereocenters. The molecule has 0 amide bonds. The first-order valence-electron chi connectivity index (χ1n) is 6.85. The molecule has 1 heterocycles. The average molecular weight is 267 g/mol. The second-order valence-corrected chi connectivity index (χ2v) is 4.81. The highest BCUT2D eigenvalue weighted by molar-refractivity contribution is 5.85. The van der Waals surface area contributed by atoms with Crippen molar-refractivity contribution < 1.29 is 4.52 Å². The van der Waals surface area contributed by atoms with Crippen LogP contribution in [0.3, 0.4) is 0 Å². The van der Waals surface area contributed by atoms with Crippen LogP contribution >= 0.6 is 0 Å². The first-order chi connectivity index (χ1) is 9.86. The van der Waals surface area contributed by atoms with Crippen LogP contribution in [0.4, 0.5) is 0 Å². The van der Waals surface area contributed by atoms with Crippen LogP contribution in [0.25, 0.3) is 10.8 Å². The molecule has 0 bridgehead atoms. The molecule has 3 aromatic rings. The first-order valence-corrected chi connectivity index (χ1v) is 6.85. The third-order valence-electron chi connectivity index (χ3n) is 3.34. The summed E-state index contributed by atoms with van der Waals surface area (Å²) in [5, 5.41) is 6.45. The van der Waals surface area contributed by atoms with Crippen LogP contribution in [0.15, 0.2) is 47.0 Å². The van der Waals surface area contributed by atoms with E-state index in [1.807, 2.05) is 12.1 Å². The minimum Gasteiger partial charge on any atom is -0.339 e. The fourth-order valence-corrected chi connectivity index (χ4v) is 2.33. The lowest BCUT2D eigenvalue weighted by Gasteiger charge is -2.03. The van der Waals surface area contributed by atoms with Crippen LogP contribution in [0, 0.1) is 0 Å². The van der Waals surface area contributed by atoms with E-state index in [1.54, 1.807) is 0 Å². The molecule has 0 saturated heterocycles. The summed E-state index contributed by atoms with van der Waals surface area (Å²) >= 11 is 0. The zero-order valence-electron chi connectivity index (χ0n) is 11.2. The van der Waals surface area contributed by atoms with E-state index in [4.69, 9.17) is 10.3 Å². The van der Waals surface area contributed by atoms with Crippen molar-refractivity contribution in [2.75, 3.05) is 6.54 Å². The molecule has 0 saturated carbocycles. The molecular formula is C16H17N3O. The van der Waals surface area contributed by atoms with Gasteiger partial charge in [-0.25, -0.2) is 0 Å². The van der Waals surface area contributed by atoms with Crippen LogP contribution in [0.2, 0.25) is 0 Å². The highest BCUT2D eigenvalue weighted by Gasteiger charge is 2.08. The van der Waals surface area contributed by atoms with Gasteiger partial charge in [-0.15, -0.1) is 0 Å². The maximum atomic E-state index is 5.48. The zero-order chi connectivity index (χ0) is 13.8. The smallest absolute Gasteiger partial charge is 0.231 e. The number of aryl methyl sites for hydroxylation is 1. The lowest BCUT2D eigenvalue weighted by molar-refractivity contribution is 0.379. The molecule has 1 aromatic heterocycles. The SMILES string of the molecule is NCCCc1noc(Cc2cccc3ccccc23)n1. The minimum atomic E-state index is 0.646. The molecule has 4 nitrogen and oxygen atoms in total. The van der Waals surface area contributed by atoms with Crippen LogP contribution in [0.1, 0.15) is 23.7 Å². The molecule has 0 atom stereocenters. The van der Waals surface area contributed by atoms with Gasteiger partial charge in [0.15, 0.2) is 5.82 Å². The van der Waals surface area contributed by atoms with Crippen molar-refractivity contribution in [1.82, 2.24) is 10.1 Å². The van der Waals surface area contributed by atoms with Gasteiger partial charge in [0.05, 0.1) is 6.42 Å². The van der Waals surface area contributed by atoms with Crippen molar-refractivity contribution in [3.8, 4) is 0 Å². The van der Waals surface area contributed by atoms with Crippen LogP contribution in [-0.2, 0) is 12.8 Å². The Morgan fingerprint density at radius 2 is 1.90 bits per heavy atom. The van der Waals surface area contributed by atoms with Gasteiger partial charge < -0.3 is 10.3 Å². The van der Waals surface area contributed by atoms with Gasteiger partial charge in [-0.2, -0.15) is 4.98 Å². The summed E-state index contributed by atoms with van der Waals surface area (Å²) < 4.78 is 5.31. The van der Waals surface area contributed by atoms with E-state index in [0.717, 1.165) is 18.7 Å². The molecular weight excluding hydrogens is 250 g/mol. The van der Waals surface area contributed by atoms with Gasteiger partial charge in [0.25, 0.3) is 0 Å². The summed E-state index contributed by atoms with van der Waals surface area (Å²) in [5.41, 5.74) is 6.69. The van der Waals surface area contributed by atoms with Gasteiger partial charge in [0.2, 0.25) is 5.89 Å². The van der Waals surface area contributed by atoms with E-state index in [0.29, 0.717) is 18.9 Å². The van der Waals surface area contributed by atoms with E-state index < -0.39 is 0 Å². The molecule has 3 rings (SSSR count). The Morgan fingerprint density at radius 3 is 2.80 bits per heavy atom. The van der Waals surface area contributed by atoms with Gasteiger partial charge in [0.1, 0.15) is 0 Å². The summed E-state index contributed by atoms with van der Waals surface area (Å²) in [6.07, 6.45) is 2.32. The van der Waals surface area contributed by atoms with Crippen molar-refractivity contribution in [3.63, 3.8) is 0 Å². The molecule has 2 N–H and O–H groups in total. The largest absolute Gasteiger partial charge is 0.339 e. The minimum absolute atomic E-state index is 0.646. The molecule has 0 aliphatic heterocycles. The number of fused-ring (bicyclic) bond motifs is 1. The fourth-order valence-electron chi connectivity index (χ4n) is 2.33. The van der Waals surface area contributed by atoms with Gasteiger partial charge in [-0.3, -0.25) is 0 Å². The third kappa shape index (κ3) is 2.70. The average Bonchev–Trinajstić information content (AvgIpc) is 2.93. The summed E-state index contributed by atoms with van der Waals surface area (Å²) in [5.74, 6) is 1.40. The quantitative estimate of drug-likeness (QED) is 0.772. The molecule has 20 heavy (non-hydrogen) atoms. The van der Waals surface area contributed by atoms with E-state index in [9.17, 15) is 0 Å². The third-order valence-corrected chi connectivity index (χ3v) is 3.34. The number of aromatic nitrogens is 2. The highest BCUT2D eigenvalue weighted by atomic mass is 16.5. The molecule has 0 aliphatic carbocycles. The first kappa shape index (κ1) is 12.8. The molecule has 0 radical (unpaired) electrons. The summed E-state index contributed by atoms with van der Waals surface area (Å²) in [6, 6.07) is 14.6. The summed E-state index contributed by atoms with van der Waals surface area (Å²) in [7, 11) is 0. The van der Waals surface area contributed by atoms with Crippen LogP contribution in [0.5, 0.6) is 0 Å². The van der Waals surface area contributed by atoms with Crippen molar-refractivity contribution >= 4 is 10.8 Å². The lowest BCUT2D eigenvalue weighted by Crippen LogP contribution is -2.01. The Morgan fingerprint density at radius 1 is 1.05 bits per heavy atom. The highest BCUT2D eigenvalue weighted by Crippen LogP contribution is 2.20. The van der Waals surface area contributed by atoms with Gasteiger partial charge >= 0.3 is 0 Å². The Bertz CT molecular complexity index is 700. The van der Waals surface area contributed by atoms with E-state index >= 15 is 0 Å². The second kappa shape index (κ2) is 5.84. The number of nitrogens with zero attached hydrogens (tertiary/aromatic N) is 2. The Kier molecular flexibility index (Phi) is 3.74. The van der Waals surface area contributed by atoms with E-state index in [2.05, 4.69) is 40.5 Å². The standard InChI is InChI=1S/C16H17N3O/c17-10-4-9-15-18-16(20-19-15)11-13-7-3-6-12-5-1-2-8-14(12)13/h1-3,5-8H,4,9-11,17H2. The Labute approximate surface area is 117 Å². The number of rotatable bonds is 5. The molecule has 0 fully saturated rings. The zero-order valence-corrected chi connectivity index (χ0v) is 11.2. The van der Waals surface area contributed by atoms with Crippen molar-refractivity contribution in [2.45, 2.75) is 19.3 Å². The molecule has 0 spiro atoms. The molecule has 2 aromatic carbocycles. The van der Waals surface area contributed by atoms with Crippen LogP contribution < -0.4 is 5.73 Å². The molecule has 102 valence electrons. The Hall–Kier alpha value is -2.20. The van der Waals surface area contributed by atoms with Gasteiger partial charge in [-0.1, -0.05) is 47.6 Å². The second-order valence-electron chi connectivity index (χ2n) is 4.81. The summed E-state index contributed by atoms with van der Waals surface area (Å²) in [6.45, 7) is 0.646. The summed E-state index contributed by atoms with van der Waals surface area (Å²) in [4.78, 5) is 4.42. The van der Waals surface area contributed by atoms with Gasteiger partial charge in [-0.05, 0) is 29.3 Å². The lowest BCUT2D eigenvalue weighted by atomic mass is 10.0. The topological polar surface area (TPSA) is 64.9 Å². The maximum Gasteiger partial charge on any atom is 0.231 e.